The van der Waals surface area contributed by atoms with Crippen LogP contribution in [0.4, 0.5) is 0 Å². The number of nitrogens with one attached hydrogen (secondary N) is 1. The van der Waals surface area contributed by atoms with Crippen molar-refractivity contribution >= 4 is 34.5 Å². The Balaban J connectivity index is 1.61. The molecule has 3 aromatic carbocycles. The van der Waals surface area contributed by atoms with Crippen LogP contribution in [0.1, 0.15) is 12.5 Å². The number of hydrogen-bond donors (Lipinski definition) is 1. The molecule has 0 aliphatic heterocycles. The van der Waals surface area contributed by atoms with Gasteiger partial charge in [-0.1, -0.05) is 60.1 Å². The van der Waals surface area contributed by atoms with Gasteiger partial charge in [-0.25, -0.2) is 5.43 Å². The number of hydrazone groups is 1. The van der Waals surface area contributed by atoms with Crippen molar-refractivity contribution in [3.8, 4) is 5.75 Å². The molecule has 0 saturated heterocycles. The van der Waals surface area contributed by atoms with E-state index in [1.165, 1.54) is 6.21 Å². The maximum Gasteiger partial charge on any atom is 0.280 e. The number of rotatable bonds is 5. The fourth-order valence-electron chi connectivity index (χ4n) is 2.33. The molecule has 1 unspecified atom stereocenters. The van der Waals surface area contributed by atoms with E-state index in [1.54, 1.807) is 13.0 Å². The van der Waals surface area contributed by atoms with E-state index in [-0.39, 0.29) is 5.91 Å². The molecule has 5 heteroatoms. The van der Waals surface area contributed by atoms with Crippen LogP contribution in [0.25, 0.3) is 10.8 Å². The van der Waals surface area contributed by atoms with Gasteiger partial charge in [-0.15, -0.1) is 0 Å². The number of amides is 1. The molecule has 0 aliphatic rings. The molecule has 0 aromatic heterocycles. The summed E-state index contributed by atoms with van der Waals surface area (Å²) in [6.07, 6.45) is 0.827. The molecule has 25 heavy (non-hydrogen) atoms. The maximum atomic E-state index is 12.1. The summed E-state index contributed by atoms with van der Waals surface area (Å²) in [6, 6.07) is 20.9. The van der Waals surface area contributed by atoms with Gasteiger partial charge in [-0.3, -0.25) is 4.79 Å². The minimum Gasteiger partial charge on any atom is -0.481 e. The second kappa shape index (κ2) is 7.81. The van der Waals surface area contributed by atoms with Gasteiger partial charge in [0.15, 0.2) is 6.10 Å². The van der Waals surface area contributed by atoms with Crippen molar-refractivity contribution in [2.24, 2.45) is 5.10 Å². The first-order chi connectivity index (χ1) is 12.1. The third kappa shape index (κ3) is 4.37. The Morgan fingerprint density at radius 1 is 1.08 bits per heavy atom. The normalized spacial score (nSPS) is 12.2. The molecule has 0 spiro atoms. The van der Waals surface area contributed by atoms with Crippen LogP contribution in [0.2, 0.25) is 5.02 Å². The Bertz CT molecular complexity index is 924. The van der Waals surface area contributed by atoms with E-state index in [9.17, 15) is 4.79 Å². The summed E-state index contributed by atoms with van der Waals surface area (Å²) in [6.45, 7) is 1.68. The second-order valence-corrected chi connectivity index (χ2v) is 5.93. The molecule has 4 nitrogen and oxygen atoms in total. The Morgan fingerprint density at radius 2 is 1.80 bits per heavy atom. The molecule has 0 fully saturated rings. The Hall–Kier alpha value is -2.85. The zero-order chi connectivity index (χ0) is 17.6. The van der Waals surface area contributed by atoms with E-state index in [0.717, 1.165) is 16.3 Å². The van der Waals surface area contributed by atoms with Crippen molar-refractivity contribution in [3.05, 3.63) is 77.3 Å². The summed E-state index contributed by atoms with van der Waals surface area (Å²) in [5, 5.41) is 6.68. The summed E-state index contributed by atoms with van der Waals surface area (Å²) < 4.78 is 5.70. The molecule has 0 radical (unpaired) electrons. The standard InChI is InChI=1S/C20H17ClN2O2/c1-14(20(24)23-22-13-17-8-4-5-9-19(17)21)25-18-11-10-15-6-2-3-7-16(15)12-18/h2-14H,1H3,(H,23,24). The first-order valence-electron chi connectivity index (χ1n) is 7.86. The fourth-order valence-corrected chi connectivity index (χ4v) is 2.52. The maximum absolute atomic E-state index is 12.1. The van der Waals surface area contributed by atoms with Gasteiger partial charge in [0.2, 0.25) is 0 Å². The first-order valence-corrected chi connectivity index (χ1v) is 8.24. The fraction of sp³-hybridized carbons (Fsp3) is 0.100. The summed E-state index contributed by atoms with van der Waals surface area (Å²) in [5.74, 6) is 0.299. The molecule has 0 saturated carbocycles. The predicted octanol–water partition coefficient (Wildman–Crippen LogP) is 4.41. The van der Waals surface area contributed by atoms with Crippen LogP contribution in [-0.4, -0.2) is 18.2 Å². The molecule has 1 atom stereocenters. The molecule has 1 amide bonds. The van der Waals surface area contributed by atoms with Crippen molar-refractivity contribution in [1.29, 1.82) is 0 Å². The first kappa shape index (κ1) is 17.0. The average molecular weight is 353 g/mol. The molecule has 126 valence electrons. The van der Waals surface area contributed by atoms with Crippen LogP contribution in [-0.2, 0) is 4.79 Å². The number of halogens is 1. The highest BCUT2D eigenvalue weighted by Gasteiger charge is 2.14. The predicted molar refractivity (Wildman–Crippen MR) is 101 cm³/mol. The number of carbonyl (C=O) groups excluding carboxylic acids is 1. The molecular formula is C20H17ClN2O2. The molecule has 0 heterocycles. The lowest BCUT2D eigenvalue weighted by atomic mass is 10.1. The van der Waals surface area contributed by atoms with Gasteiger partial charge in [-0.05, 0) is 35.9 Å². The van der Waals surface area contributed by atoms with Crippen LogP contribution in [0.3, 0.4) is 0 Å². The molecule has 0 bridgehead atoms. The molecular weight excluding hydrogens is 336 g/mol. The van der Waals surface area contributed by atoms with Gasteiger partial charge in [0, 0.05) is 10.6 Å². The van der Waals surface area contributed by atoms with Gasteiger partial charge < -0.3 is 4.74 Å². The smallest absolute Gasteiger partial charge is 0.280 e. The van der Waals surface area contributed by atoms with E-state index in [4.69, 9.17) is 16.3 Å². The number of fused-ring (bicyclic) bond motifs is 1. The lowest BCUT2D eigenvalue weighted by Crippen LogP contribution is -2.33. The number of ether oxygens (including phenoxy) is 1. The van der Waals surface area contributed by atoms with E-state index >= 15 is 0 Å². The summed E-state index contributed by atoms with van der Waals surface area (Å²) in [4.78, 5) is 12.1. The van der Waals surface area contributed by atoms with Gasteiger partial charge in [-0.2, -0.15) is 5.10 Å². The van der Waals surface area contributed by atoms with E-state index in [2.05, 4.69) is 10.5 Å². The highest BCUT2D eigenvalue weighted by atomic mass is 35.5. The summed E-state index contributed by atoms with van der Waals surface area (Å²) >= 11 is 6.03. The van der Waals surface area contributed by atoms with Crippen molar-refractivity contribution < 1.29 is 9.53 Å². The lowest BCUT2D eigenvalue weighted by molar-refractivity contribution is -0.127. The minimum absolute atomic E-state index is 0.337. The lowest BCUT2D eigenvalue weighted by Gasteiger charge is -2.13. The van der Waals surface area contributed by atoms with Crippen molar-refractivity contribution in [2.45, 2.75) is 13.0 Å². The molecule has 1 N–H and O–H groups in total. The van der Waals surface area contributed by atoms with Gasteiger partial charge in [0.1, 0.15) is 5.75 Å². The molecule has 0 aliphatic carbocycles. The number of nitrogens with zero attached hydrogens (tertiary/aromatic N) is 1. The van der Waals surface area contributed by atoms with E-state index in [1.807, 2.05) is 60.7 Å². The van der Waals surface area contributed by atoms with Crippen molar-refractivity contribution in [1.82, 2.24) is 5.43 Å². The topological polar surface area (TPSA) is 50.7 Å². The zero-order valence-corrected chi connectivity index (χ0v) is 14.4. The number of benzene rings is 3. The summed E-state index contributed by atoms with van der Waals surface area (Å²) in [7, 11) is 0. The van der Waals surface area contributed by atoms with Crippen LogP contribution in [0.15, 0.2) is 71.8 Å². The zero-order valence-electron chi connectivity index (χ0n) is 13.6. The molecule has 3 rings (SSSR count). The summed E-state index contributed by atoms with van der Waals surface area (Å²) in [5.41, 5.74) is 3.19. The van der Waals surface area contributed by atoms with Gasteiger partial charge >= 0.3 is 0 Å². The van der Waals surface area contributed by atoms with Crippen LogP contribution in [0, 0.1) is 0 Å². The third-order valence-corrected chi connectivity index (χ3v) is 4.03. The van der Waals surface area contributed by atoms with E-state index in [0.29, 0.717) is 10.8 Å². The highest BCUT2D eigenvalue weighted by molar-refractivity contribution is 6.33. The number of hydrogen-bond acceptors (Lipinski definition) is 3. The van der Waals surface area contributed by atoms with Crippen molar-refractivity contribution in [2.75, 3.05) is 0 Å². The van der Waals surface area contributed by atoms with Crippen LogP contribution in [0.5, 0.6) is 5.75 Å². The van der Waals surface area contributed by atoms with Gasteiger partial charge in [0.25, 0.3) is 5.91 Å². The van der Waals surface area contributed by atoms with E-state index < -0.39 is 6.10 Å². The number of carbonyl (C=O) groups is 1. The van der Waals surface area contributed by atoms with Crippen LogP contribution >= 0.6 is 11.6 Å². The monoisotopic (exact) mass is 352 g/mol. The van der Waals surface area contributed by atoms with Crippen molar-refractivity contribution in [3.63, 3.8) is 0 Å². The van der Waals surface area contributed by atoms with Gasteiger partial charge in [0.05, 0.1) is 6.21 Å². The largest absolute Gasteiger partial charge is 0.481 e. The third-order valence-electron chi connectivity index (χ3n) is 3.69. The Labute approximate surface area is 151 Å². The average Bonchev–Trinajstić information content (AvgIpc) is 2.63. The minimum atomic E-state index is -0.676. The quantitative estimate of drug-likeness (QED) is 0.546. The molecule has 3 aromatic rings. The SMILES string of the molecule is CC(Oc1ccc2ccccc2c1)C(=O)NN=Cc1ccccc1Cl. The van der Waals surface area contributed by atoms with Crippen LogP contribution < -0.4 is 10.2 Å². The second-order valence-electron chi connectivity index (χ2n) is 5.52. The highest BCUT2D eigenvalue weighted by Crippen LogP contribution is 2.21. The Morgan fingerprint density at radius 3 is 2.60 bits per heavy atom. The Kier molecular flexibility index (Phi) is 5.31.